The molecule has 200 valence electrons. The Morgan fingerprint density at radius 1 is 0.947 bits per heavy atom. The summed E-state index contributed by atoms with van der Waals surface area (Å²) < 4.78 is 16.9. The van der Waals surface area contributed by atoms with Crippen LogP contribution in [0.4, 0.5) is 15.4 Å². The van der Waals surface area contributed by atoms with Crippen LogP contribution < -0.4 is 5.32 Å². The summed E-state index contributed by atoms with van der Waals surface area (Å²) in [7, 11) is 0. The van der Waals surface area contributed by atoms with Gasteiger partial charge in [0.15, 0.2) is 0 Å². The maximum atomic E-state index is 12.5. The molecule has 10 heteroatoms. The third-order valence-electron chi connectivity index (χ3n) is 5.41. The first-order valence-corrected chi connectivity index (χ1v) is 12.4. The summed E-state index contributed by atoms with van der Waals surface area (Å²) in [6.45, 7) is 11.8. The number of nitrogens with zero attached hydrogens (tertiary/aromatic N) is 4. The van der Waals surface area contributed by atoms with E-state index in [9.17, 15) is 9.59 Å². The Kier molecular flexibility index (Phi) is 7.52. The van der Waals surface area contributed by atoms with Crippen LogP contribution in [0, 0.1) is 0 Å². The molecule has 0 radical (unpaired) electrons. The van der Waals surface area contributed by atoms with E-state index in [1.807, 2.05) is 63.2 Å². The highest BCUT2D eigenvalue weighted by Gasteiger charge is 2.25. The summed E-state index contributed by atoms with van der Waals surface area (Å²) >= 11 is 0. The van der Waals surface area contributed by atoms with E-state index in [1.54, 1.807) is 31.9 Å². The van der Waals surface area contributed by atoms with Crippen LogP contribution in [0.1, 0.15) is 53.5 Å². The molecule has 0 saturated heterocycles. The van der Waals surface area contributed by atoms with Crippen molar-refractivity contribution in [2.24, 2.45) is 0 Å². The third-order valence-corrected chi connectivity index (χ3v) is 5.41. The summed E-state index contributed by atoms with van der Waals surface area (Å²) in [5.41, 5.74) is 1.82. The van der Waals surface area contributed by atoms with Crippen molar-refractivity contribution in [3.63, 3.8) is 0 Å². The van der Waals surface area contributed by atoms with Crippen molar-refractivity contribution in [2.75, 3.05) is 18.4 Å². The van der Waals surface area contributed by atoms with Gasteiger partial charge in [-0.1, -0.05) is 24.3 Å². The second-order valence-corrected chi connectivity index (χ2v) is 10.9. The van der Waals surface area contributed by atoms with Crippen molar-refractivity contribution >= 4 is 23.6 Å². The molecule has 2 amide bonds. The first kappa shape index (κ1) is 26.8. The quantitative estimate of drug-likeness (QED) is 0.435. The molecular weight excluding hydrogens is 486 g/mol. The van der Waals surface area contributed by atoms with E-state index in [2.05, 4.69) is 20.5 Å². The van der Waals surface area contributed by atoms with Gasteiger partial charge in [-0.2, -0.15) is 0 Å². The third kappa shape index (κ3) is 6.96. The highest BCUT2D eigenvalue weighted by molar-refractivity contribution is 5.89. The zero-order chi connectivity index (χ0) is 27.5. The zero-order valence-electron chi connectivity index (χ0n) is 22.6. The van der Waals surface area contributed by atoms with Crippen LogP contribution >= 0.6 is 0 Å². The Hall–Kier alpha value is -4.21. The Labute approximate surface area is 222 Å². The molecule has 0 saturated carbocycles. The van der Waals surface area contributed by atoms with Gasteiger partial charge in [-0.3, -0.25) is 5.32 Å². The van der Waals surface area contributed by atoms with Crippen molar-refractivity contribution < 1.29 is 23.5 Å². The predicted octanol–water partition coefficient (Wildman–Crippen LogP) is 6.17. The van der Waals surface area contributed by atoms with E-state index >= 15 is 0 Å². The molecule has 0 bridgehead atoms. The van der Waals surface area contributed by atoms with Crippen LogP contribution in [-0.4, -0.2) is 56.6 Å². The first-order valence-electron chi connectivity index (χ1n) is 12.4. The smallest absolute Gasteiger partial charge is 0.413 e. The molecule has 0 atom stereocenters. The lowest BCUT2D eigenvalue weighted by atomic mass is 9.99. The SMILES string of the molecule is CC(C)(C)OC(=O)Nc1ncc(C2=CCN(C(=O)OC(C)(C)C)CC2)cc1-c1nnc(-c2ccccc2)o1. The van der Waals surface area contributed by atoms with Crippen LogP contribution in [0.25, 0.3) is 28.5 Å². The molecule has 10 nitrogen and oxygen atoms in total. The monoisotopic (exact) mass is 519 g/mol. The second kappa shape index (κ2) is 10.6. The van der Waals surface area contributed by atoms with Crippen molar-refractivity contribution in [2.45, 2.75) is 59.2 Å². The number of aromatic nitrogens is 3. The van der Waals surface area contributed by atoms with Crippen LogP contribution in [0.15, 0.2) is 53.1 Å². The fourth-order valence-electron chi connectivity index (χ4n) is 3.76. The van der Waals surface area contributed by atoms with E-state index in [0.717, 1.165) is 16.7 Å². The van der Waals surface area contributed by atoms with Gasteiger partial charge in [0, 0.05) is 24.8 Å². The number of pyridine rings is 1. The second-order valence-electron chi connectivity index (χ2n) is 10.9. The predicted molar refractivity (Wildman–Crippen MR) is 143 cm³/mol. The van der Waals surface area contributed by atoms with Gasteiger partial charge in [0.25, 0.3) is 5.89 Å². The molecule has 0 aliphatic carbocycles. The highest BCUT2D eigenvalue weighted by Crippen LogP contribution is 2.33. The number of nitrogens with one attached hydrogen (secondary N) is 1. The molecule has 3 aromatic rings. The van der Waals surface area contributed by atoms with Crippen LogP contribution in [0.5, 0.6) is 0 Å². The number of rotatable bonds is 4. The minimum atomic E-state index is -0.678. The molecule has 0 unspecified atom stereocenters. The van der Waals surface area contributed by atoms with Gasteiger partial charge < -0.3 is 18.8 Å². The number of hydrogen-bond acceptors (Lipinski definition) is 8. The topological polar surface area (TPSA) is 120 Å². The number of hydrogen-bond donors (Lipinski definition) is 1. The molecule has 38 heavy (non-hydrogen) atoms. The summed E-state index contributed by atoms with van der Waals surface area (Å²) in [5.74, 6) is 0.785. The maximum Gasteiger partial charge on any atom is 0.413 e. The Morgan fingerprint density at radius 2 is 1.63 bits per heavy atom. The average molecular weight is 520 g/mol. The molecule has 0 fully saturated rings. The molecule has 1 aliphatic heterocycles. The van der Waals surface area contributed by atoms with Gasteiger partial charge in [0.05, 0.1) is 5.56 Å². The maximum absolute atomic E-state index is 12.5. The summed E-state index contributed by atoms with van der Waals surface area (Å²) in [5, 5.41) is 11.1. The minimum absolute atomic E-state index is 0.205. The molecule has 3 heterocycles. The van der Waals surface area contributed by atoms with E-state index < -0.39 is 17.3 Å². The first-order chi connectivity index (χ1) is 17.9. The molecule has 1 aliphatic rings. The van der Waals surface area contributed by atoms with Crippen LogP contribution in [0.2, 0.25) is 0 Å². The molecule has 2 aromatic heterocycles. The van der Waals surface area contributed by atoms with Crippen molar-refractivity contribution in [1.29, 1.82) is 0 Å². The van der Waals surface area contributed by atoms with E-state index in [0.29, 0.717) is 31.0 Å². The Bertz CT molecular complexity index is 1340. The highest BCUT2D eigenvalue weighted by atomic mass is 16.6. The minimum Gasteiger partial charge on any atom is -0.444 e. The van der Waals surface area contributed by atoms with E-state index in [4.69, 9.17) is 13.9 Å². The van der Waals surface area contributed by atoms with Crippen molar-refractivity contribution in [1.82, 2.24) is 20.1 Å². The summed E-state index contributed by atoms with van der Waals surface area (Å²) in [6.07, 6.45) is 3.26. The number of carbonyl (C=O) groups is 2. The summed E-state index contributed by atoms with van der Waals surface area (Å²) in [6, 6.07) is 11.2. The van der Waals surface area contributed by atoms with Gasteiger partial charge in [-0.25, -0.2) is 14.6 Å². The zero-order valence-corrected chi connectivity index (χ0v) is 22.6. The molecule has 1 aromatic carbocycles. The van der Waals surface area contributed by atoms with Crippen molar-refractivity contribution in [3.8, 4) is 22.9 Å². The number of benzene rings is 1. The van der Waals surface area contributed by atoms with E-state index in [-0.39, 0.29) is 17.8 Å². The van der Waals surface area contributed by atoms with Gasteiger partial charge in [0.2, 0.25) is 5.89 Å². The number of carbonyl (C=O) groups excluding carboxylic acids is 2. The fourth-order valence-corrected chi connectivity index (χ4v) is 3.76. The van der Waals surface area contributed by atoms with Crippen LogP contribution in [-0.2, 0) is 9.47 Å². The lowest BCUT2D eigenvalue weighted by Gasteiger charge is -2.29. The lowest BCUT2D eigenvalue weighted by Crippen LogP contribution is -2.39. The number of amides is 2. The standard InChI is InChI=1S/C28H33N5O5/c1-27(2,3)37-25(34)30-22-21(24-32-31-23(36-24)19-10-8-7-9-11-19)16-20(17-29-22)18-12-14-33(15-13-18)26(35)38-28(4,5)6/h7-12,16-17H,13-15H2,1-6H3,(H,29,30,34). The van der Waals surface area contributed by atoms with Gasteiger partial charge in [0.1, 0.15) is 17.0 Å². The van der Waals surface area contributed by atoms with Crippen molar-refractivity contribution in [3.05, 3.63) is 54.2 Å². The average Bonchev–Trinajstić information content (AvgIpc) is 3.33. The lowest BCUT2D eigenvalue weighted by molar-refractivity contribution is 0.0270. The molecule has 1 N–H and O–H groups in total. The number of ether oxygens (including phenoxy) is 2. The van der Waals surface area contributed by atoms with Gasteiger partial charge in [-0.15, -0.1) is 10.2 Å². The van der Waals surface area contributed by atoms with Crippen LogP contribution in [0.3, 0.4) is 0 Å². The number of anilines is 1. The summed E-state index contributed by atoms with van der Waals surface area (Å²) in [4.78, 5) is 31.1. The normalized spacial score (nSPS) is 14.1. The Balaban J connectivity index is 1.63. The van der Waals surface area contributed by atoms with Gasteiger partial charge >= 0.3 is 12.2 Å². The molecule has 4 rings (SSSR count). The molecular formula is C28H33N5O5. The largest absolute Gasteiger partial charge is 0.444 e. The van der Waals surface area contributed by atoms with E-state index in [1.165, 1.54) is 0 Å². The molecule has 0 spiro atoms. The van der Waals surface area contributed by atoms with Gasteiger partial charge in [-0.05, 0) is 77.3 Å². The fraction of sp³-hybridized carbons (Fsp3) is 0.393. The Morgan fingerprint density at radius 3 is 2.26 bits per heavy atom.